The number of benzene rings is 1. The SMILES string of the molecule is COc1cccc(Cl)c1C(C#N)NCCN=[N+]=[N-]. The molecule has 1 unspecified atom stereocenters. The van der Waals surface area contributed by atoms with E-state index in [1.807, 2.05) is 0 Å². The van der Waals surface area contributed by atoms with Gasteiger partial charge in [0.25, 0.3) is 0 Å². The first-order valence-electron chi connectivity index (χ1n) is 5.20. The summed E-state index contributed by atoms with van der Waals surface area (Å²) < 4.78 is 5.18. The predicted octanol–water partition coefficient (Wildman–Crippen LogP) is 2.81. The molecule has 0 saturated heterocycles. The number of halogens is 1. The van der Waals surface area contributed by atoms with Gasteiger partial charge in [-0.2, -0.15) is 5.26 Å². The third kappa shape index (κ3) is 3.54. The molecule has 1 aromatic carbocycles. The summed E-state index contributed by atoms with van der Waals surface area (Å²) in [5.41, 5.74) is 8.74. The summed E-state index contributed by atoms with van der Waals surface area (Å²) >= 11 is 6.07. The van der Waals surface area contributed by atoms with Crippen molar-refractivity contribution in [2.75, 3.05) is 20.2 Å². The van der Waals surface area contributed by atoms with Crippen molar-refractivity contribution >= 4 is 11.6 Å². The van der Waals surface area contributed by atoms with Gasteiger partial charge in [-0.3, -0.25) is 5.32 Å². The molecule has 0 radical (unpaired) electrons. The molecule has 1 aromatic rings. The minimum atomic E-state index is -0.609. The van der Waals surface area contributed by atoms with Crippen LogP contribution in [0, 0.1) is 11.3 Å². The normalized spacial score (nSPS) is 11.2. The van der Waals surface area contributed by atoms with Crippen molar-refractivity contribution < 1.29 is 4.74 Å². The zero-order valence-corrected chi connectivity index (χ0v) is 10.6. The monoisotopic (exact) mass is 265 g/mol. The Bertz CT molecular complexity index is 493. The van der Waals surface area contributed by atoms with E-state index in [0.29, 0.717) is 22.9 Å². The molecule has 7 heteroatoms. The maximum Gasteiger partial charge on any atom is 0.126 e. The van der Waals surface area contributed by atoms with Crippen molar-refractivity contribution in [2.45, 2.75) is 6.04 Å². The number of hydrogen-bond acceptors (Lipinski definition) is 4. The highest BCUT2D eigenvalue weighted by molar-refractivity contribution is 6.31. The maximum absolute atomic E-state index is 9.15. The topological polar surface area (TPSA) is 93.8 Å². The Morgan fingerprint density at radius 3 is 3.06 bits per heavy atom. The highest BCUT2D eigenvalue weighted by Crippen LogP contribution is 2.31. The van der Waals surface area contributed by atoms with E-state index >= 15 is 0 Å². The van der Waals surface area contributed by atoms with E-state index in [1.54, 1.807) is 18.2 Å². The molecular formula is C11H12ClN5O. The van der Waals surface area contributed by atoms with E-state index in [-0.39, 0.29) is 6.54 Å². The van der Waals surface area contributed by atoms with Crippen LogP contribution in [0.25, 0.3) is 10.4 Å². The lowest BCUT2D eigenvalue weighted by Crippen LogP contribution is -2.23. The van der Waals surface area contributed by atoms with Gasteiger partial charge in [0.1, 0.15) is 11.8 Å². The Morgan fingerprint density at radius 2 is 2.44 bits per heavy atom. The molecule has 0 bridgehead atoms. The minimum Gasteiger partial charge on any atom is -0.496 e. The van der Waals surface area contributed by atoms with E-state index in [9.17, 15) is 0 Å². The highest BCUT2D eigenvalue weighted by Gasteiger charge is 2.18. The quantitative estimate of drug-likeness (QED) is 0.371. The zero-order valence-electron chi connectivity index (χ0n) is 9.80. The van der Waals surface area contributed by atoms with Gasteiger partial charge < -0.3 is 4.74 Å². The van der Waals surface area contributed by atoms with Crippen molar-refractivity contribution in [1.82, 2.24) is 5.32 Å². The third-order valence-corrected chi connectivity index (χ3v) is 2.60. The van der Waals surface area contributed by atoms with Gasteiger partial charge in [-0.25, -0.2) is 0 Å². The number of rotatable bonds is 6. The smallest absolute Gasteiger partial charge is 0.126 e. The van der Waals surface area contributed by atoms with Gasteiger partial charge in [-0.15, -0.1) is 0 Å². The van der Waals surface area contributed by atoms with E-state index in [1.165, 1.54) is 7.11 Å². The number of methoxy groups -OCH3 is 1. The molecule has 0 heterocycles. The molecule has 0 aliphatic carbocycles. The zero-order chi connectivity index (χ0) is 13.4. The Labute approximate surface area is 110 Å². The molecule has 0 spiro atoms. The molecule has 0 fully saturated rings. The fourth-order valence-corrected chi connectivity index (χ4v) is 1.77. The molecule has 1 atom stereocenters. The molecule has 1 N–H and O–H groups in total. The van der Waals surface area contributed by atoms with Crippen molar-refractivity contribution in [3.8, 4) is 11.8 Å². The van der Waals surface area contributed by atoms with Gasteiger partial charge in [-0.1, -0.05) is 22.8 Å². The van der Waals surface area contributed by atoms with Crippen LogP contribution >= 0.6 is 11.6 Å². The standard InChI is InChI=1S/C11H12ClN5O/c1-18-10-4-2-3-8(12)11(10)9(7-13)15-5-6-16-17-14/h2-4,9,15H,5-6H2,1H3. The van der Waals surface area contributed by atoms with Gasteiger partial charge >= 0.3 is 0 Å². The van der Waals surface area contributed by atoms with Gasteiger partial charge in [0.15, 0.2) is 0 Å². The largest absolute Gasteiger partial charge is 0.496 e. The first-order chi connectivity index (χ1) is 8.74. The fraction of sp³-hybridized carbons (Fsp3) is 0.364. The molecule has 1 rings (SSSR count). The summed E-state index contributed by atoms with van der Waals surface area (Å²) in [6.07, 6.45) is 0. The lowest BCUT2D eigenvalue weighted by Gasteiger charge is -2.16. The van der Waals surface area contributed by atoms with Crippen LogP contribution in [0.15, 0.2) is 23.3 Å². The summed E-state index contributed by atoms with van der Waals surface area (Å²) in [5.74, 6) is 0.547. The number of nitriles is 1. The molecule has 6 nitrogen and oxygen atoms in total. The average molecular weight is 266 g/mol. The van der Waals surface area contributed by atoms with E-state index in [4.69, 9.17) is 27.1 Å². The summed E-state index contributed by atoms with van der Waals surface area (Å²) in [7, 11) is 1.52. The second-order valence-electron chi connectivity index (χ2n) is 3.33. The summed E-state index contributed by atoms with van der Waals surface area (Å²) in [6, 6.07) is 6.67. The van der Waals surface area contributed by atoms with E-state index in [2.05, 4.69) is 21.4 Å². The first kappa shape index (κ1) is 14.1. The Kier molecular flexibility index (Phi) is 5.81. The van der Waals surface area contributed by atoms with Crippen LogP contribution < -0.4 is 10.1 Å². The van der Waals surface area contributed by atoms with E-state index < -0.39 is 6.04 Å². The second-order valence-corrected chi connectivity index (χ2v) is 3.73. The summed E-state index contributed by atoms with van der Waals surface area (Å²) in [4.78, 5) is 2.63. The lowest BCUT2D eigenvalue weighted by molar-refractivity contribution is 0.405. The van der Waals surface area contributed by atoms with Crippen LogP contribution in [0.1, 0.15) is 11.6 Å². The average Bonchev–Trinajstić information content (AvgIpc) is 2.39. The highest BCUT2D eigenvalue weighted by atomic mass is 35.5. The van der Waals surface area contributed by atoms with Gasteiger partial charge in [0, 0.05) is 23.6 Å². The third-order valence-electron chi connectivity index (χ3n) is 2.27. The van der Waals surface area contributed by atoms with Crippen molar-refractivity contribution in [3.05, 3.63) is 39.2 Å². The molecule has 0 aliphatic heterocycles. The van der Waals surface area contributed by atoms with E-state index in [0.717, 1.165) is 0 Å². The number of ether oxygens (including phenoxy) is 1. The second kappa shape index (κ2) is 7.41. The number of nitrogens with one attached hydrogen (secondary N) is 1. The van der Waals surface area contributed by atoms with Crippen LogP contribution in [0.4, 0.5) is 0 Å². The van der Waals surface area contributed by atoms with Crippen molar-refractivity contribution in [1.29, 1.82) is 5.26 Å². The maximum atomic E-state index is 9.15. The molecule has 18 heavy (non-hydrogen) atoms. The van der Waals surface area contributed by atoms with Crippen molar-refractivity contribution in [2.24, 2.45) is 5.11 Å². The Balaban J connectivity index is 2.88. The fourth-order valence-electron chi connectivity index (χ4n) is 1.49. The van der Waals surface area contributed by atoms with Crippen molar-refractivity contribution in [3.63, 3.8) is 0 Å². The van der Waals surface area contributed by atoms with Crippen LogP contribution in [0.3, 0.4) is 0 Å². The molecule has 0 aromatic heterocycles. The molecule has 0 amide bonds. The Hall–Kier alpha value is -1.93. The summed E-state index contributed by atoms with van der Waals surface area (Å²) in [6.45, 7) is 0.651. The van der Waals surface area contributed by atoms with Crippen LogP contribution in [-0.4, -0.2) is 20.2 Å². The van der Waals surface area contributed by atoms with Gasteiger partial charge in [-0.05, 0) is 17.7 Å². The van der Waals surface area contributed by atoms with Gasteiger partial charge in [0.2, 0.25) is 0 Å². The molecule has 0 aliphatic rings. The first-order valence-corrected chi connectivity index (χ1v) is 5.58. The number of hydrogen-bond donors (Lipinski definition) is 1. The molecule has 94 valence electrons. The van der Waals surface area contributed by atoms with Crippen LogP contribution in [-0.2, 0) is 0 Å². The lowest BCUT2D eigenvalue weighted by atomic mass is 10.1. The summed E-state index contributed by atoms with van der Waals surface area (Å²) in [5, 5.41) is 15.9. The Morgan fingerprint density at radius 1 is 1.67 bits per heavy atom. The number of nitrogens with zero attached hydrogens (tertiary/aromatic N) is 4. The van der Waals surface area contributed by atoms with Crippen LogP contribution in [0.5, 0.6) is 5.75 Å². The predicted molar refractivity (Wildman–Crippen MR) is 68.4 cm³/mol. The van der Waals surface area contributed by atoms with Crippen LogP contribution in [0.2, 0.25) is 5.02 Å². The number of azide groups is 1. The molecule has 0 saturated carbocycles. The minimum absolute atomic E-state index is 0.265. The molecular weight excluding hydrogens is 254 g/mol. The van der Waals surface area contributed by atoms with Gasteiger partial charge in [0.05, 0.1) is 18.2 Å².